The van der Waals surface area contributed by atoms with E-state index in [2.05, 4.69) is 9.72 Å². The van der Waals surface area contributed by atoms with Crippen LogP contribution < -0.4 is 0 Å². The highest BCUT2D eigenvalue weighted by molar-refractivity contribution is 5.87. The average molecular weight is 292 g/mol. The molecular weight excluding hydrogens is 272 g/mol. The van der Waals surface area contributed by atoms with Crippen LogP contribution in [0.2, 0.25) is 0 Å². The molecule has 2 rings (SSSR count). The van der Waals surface area contributed by atoms with Gasteiger partial charge < -0.3 is 14.4 Å². The fourth-order valence-electron chi connectivity index (χ4n) is 2.14. The summed E-state index contributed by atoms with van der Waals surface area (Å²) in [4.78, 5) is 29.2. The molecule has 0 N–H and O–H groups in total. The molecule has 0 fully saturated rings. The predicted octanol–water partition coefficient (Wildman–Crippen LogP) is 2.16. The van der Waals surface area contributed by atoms with Crippen molar-refractivity contribution in [3.63, 3.8) is 0 Å². The molecule has 0 radical (unpaired) electrons. The number of carbonyl (C=O) groups excluding carboxylic acids is 2. The van der Waals surface area contributed by atoms with E-state index in [9.17, 15) is 9.59 Å². The molecule has 114 valence electrons. The van der Waals surface area contributed by atoms with E-state index in [4.69, 9.17) is 4.74 Å². The molecule has 0 atom stereocenters. The maximum Gasteiger partial charge on any atom is 0.410 e. The van der Waals surface area contributed by atoms with Crippen molar-refractivity contribution in [3.05, 3.63) is 29.1 Å². The van der Waals surface area contributed by atoms with Crippen LogP contribution >= 0.6 is 0 Å². The van der Waals surface area contributed by atoms with Crippen LogP contribution in [0.4, 0.5) is 4.79 Å². The summed E-state index contributed by atoms with van der Waals surface area (Å²) in [6.07, 6.45) is 1.96. The molecule has 6 heteroatoms. The number of nitrogens with zero attached hydrogens (tertiary/aromatic N) is 2. The second-order valence-corrected chi connectivity index (χ2v) is 5.98. The number of pyridine rings is 1. The molecule has 0 bridgehead atoms. The first-order valence-corrected chi connectivity index (χ1v) is 6.84. The van der Waals surface area contributed by atoms with Crippen LogP contribution in [-0.2, 0) is 22.4 Å². The van der Waals surface area contributed by atoms with Gasteiger partial charge in [-0.05, 0) is 44.4 Å². The number of aromatic nitrogens is 1. The van der Waals surface area contributed by atoms with Crippen molar-refractivity contribution in [3.8, 4) is 0 Å². The molecule has 1 aliphatic rings. The van der Waals surface area contributed by atoms with Gasteiger partial charge in [0.25, 0.3) is 0 Å². The molecule has 1 aliphatic heterocycles. The van der Waals surface area contributed by atoms with Crippen LogP contribution in [0.25, 0.3) is 0 Å². The fourth-order valence-corrected chi connectivity index (χ4v) is 2.14. The van der Waals surface area contributed by atoms with Crippen LogP contribution in [0, 0.1) is 0 Å². The first-order valence-electron chi connectivity index (χ1n) is 6.84. The lowest BCUT2D eigenvalue weighted by atomic mass is 10.0. The summed E-state index contributed by atoms with van der Waals surface area (Å²) in [5.41, 5.74) is 1.73. The quantitative estimate of drug-likeness (QED) is 0.742. The first kappa shape index (κ1) is 15.3. The number of ether oxygens (including phenoxy) is 2. The monoisotopic (exact) mass is 292 g/mol. The van der Waals surface area contributed by atoms with E-state index in [1.807, 2.05) is 20.8 Å². The van der Waals surface area contributed by atoms with Gasteiger partial charge in [0.05, 0.1) is 13.7 Å². The van der Waals surface area contributed by atoms with E-state index < -0.39 is 11.6 Å². The molecule has 0 aromatic carbocycles. The van der Waals surface area contributed by atoms with Crippen LogP contribution in [0.15, 0.2) is 12.3 Å². The summed E-state index contributed by atoms with van der Waals surface area (Å²) in [6.45, 7) is 6.53. The summed E-state index contributed by atoms with van der Waals surface area (Å²) in [7, 11) is 1.33. The zero-order valence-electron chi connectivity index (χ0n) is 12.8. The molecule has 6 nitrogen and oxygen atoms in total. The Labute approximate surface area is 124 Å². The van der Waals surface area contributed by atoms with Crippen molar-refractivity contribution in [1.29, 1.82) is 0 Å². The summed E-state index contributed by atoms with van der Waals surface area (Å²) < 4.78 is 10.0. The second kappa shape index (κ2) is 5.71. The molecule has 0 aliphatic carbocycles. The van der Waals surface area contributed by atoms with Gasteiger partial charge in [-0.25, -0.2) is 14.6 Å². The number of fused-ring (bicyclic) bond motifs is 1. The largest absolute Gasteiger partial charge is 0.464 e. The van der Waals surface area contributed by atoms with E-state index in [0.717, 1.165) is 11.1 Å². The summed E-state index contributed by atoms with van der Waals surface area (Å²) in [5, 5.41) is 0. The molecule has 2 heterocycles. The van der Waals surface area contributed by atoms with E-state index in [1.54, 1.807) is 17.2 Å². The van der Waals surface area contributed by atoms with Crippen molar-refractivity contribution in [1.82, 2.24) is 9.88 Å². The van der Waals surface area contributed by atoms with Crippen molar-refractivity contribution < 1.29 is 19.1 Å². The van der Waals surface area contributed by atoms with Gasteiger partial charge in [-0.15, -0.1) is 0 Å². The molecule has 1 aromatic rings. The Balaban J connectivity index is 2.11. The predicted molar refractivity (Wildman–Crippen MR) is 75.9 cm³/mol. The lowest BCUT2D eigenvalue weighted by Crippen LogP contribution is -2.40. The van der Waals surface area contributed by atoms with E-state index in [-0.39, 0.29) is 6.09 Å². The SMILES string of the molecule is COC(=O)c1cc2c(cn1)CN(C(=O)OC(C)(C)C)CC2. The third-order valence-corrected chi connectivity index (χ3v) is 3.14. The Hall–Kier alpha value is -2.11. The van der Waals surface area contributed by atoms with Crippen LogP contribution in [-0.4, -0.2) is 41.2 Å². The standard InChI is InChI=1S/C15H20N2O4/c1-15(2,3)21-14(19)17-6-5-10-7-12(13(18)20-4)16-8-11(10)9-17/h7-8H,5-6,9H2,1-4H3. The van der Waals surface area contributed by atoms with Crippen molar-refractivity contribution in [2.24, 2.45) is 0 Å². The molecular formula is C15H20N2O4. The number of amides is 1. The molecule has 0 saturated heterocycles. The highest BCUT2D eigenvalue weighted by Crippen LogP contribution is 2.21. The highest BCUT2D eigenvalue weighted by atomic mass is 16.6. The molecule has 1 aromatic heterocycles. The minimum Gasteiger partial charge on any atom is -0.464 e. The van der Waals surface area contributed by atoms with Crippen LogP contribution in [0.5, 0.6) is 0 Å². The molecule has 0 saturated carbocycles. The highest BCUT2D eigenvalue weighted by Gasteiger charge is 2.26. The number of methoxy groups -OCH3 is 1. The smallest absolute Gasteiger partial charge is 0.410 e. The second-order valence-electron chi connectivity index (χ2n) is 5.98. The third kappa shape index (κ3) is 3.71. The van der Waals surface area contributed by atoms with Gasteiger partial charge in [-0.3, -0.25) is 0 Å². The van der Waals surface area contributed by atoms with Crippen LogP contribution in [0.1, 0.15) is 42.4 Å². The maximum absolute atomic E-state index is 12.1. The number of esters is 1. The topological polar surface area (TPSA) is 68.7 Å². The molecule has 21 heavy (non-hydrogen) atoms. The van der Waals surface area contributed by atoms with E-state index in [0.29, 0.717) is 25.2 Å². The van der Waals surface area contributed by atoms with E-state index in [1.165, 1.54) is 7.11 Å². The summed E-state index contributed by atoms with van der Waals surface area (Å²) >= 11 is 0. The molecule has 0 unspecified atom stereocenters. The molecule has 0 spiro atoms. The Bertz CT molecular complexity index is 563. The number of hydrogen-bond donors (Lipinski definition) is 0. The van der Waals surface area contributed by atoms with E-state index >= 15 is 0 Å². The number of carbonyl (C=O) groups is 2. The zero-order chi connectivity index (χ0) is 15.6. The Morgan fingerprint density at radius 1 is 1.29 bits per heavy atom. The Kier molecular flexibility index (Phi) is 4.16. The summed E-state index contributed by atoms with van der Waals surface area (Å²) in [6, 6.07) is 1.73. The van der Waals surface area contributed by atoms with Crippen molar-refractivity contribution in [2.75, 3.05) is 13.7 Å². The Morgan fingerprint density at radius 2 is 2.00 bits per heavy atom. The van der Waals surface area contributed by atoms with Gasteiger partial charge in [-0.1, -0.05) is 0 Å². The van der Waals surface area contributed by atoms with Gasteiger partial charge in [0.1, 0.15) is 11.3 Å². The minimum atomic E-state index is -0.510. The number of rotatable bonds is 1. The first-order chi connectivity index (χ1) is 9.80. The molecule has 1 amide bonds. The number of hydrogen-bond acceptors (Lipinski definition) is 5. The van der Waals surface area contributed by atoms with Gasteiger partial charge in [0.2, 0.25) is 0 Å². The van der Waals surface area contributed by atoms with Crippen molar-refractivity contribution >= 4 is 12.1 Å². The Morgan fingerprint density at radius 3 is 2.62 bits per heavy atom. The minimum absolute atomic E-state index is 0.293. The third-order valence-electron chi connectivity index (χ3n) is 3.14. The average Bonchev–Trinajstić information content (AvgIpc) is 2.43. The van der Waals surface area contributed by atoms with Gasteiger partial charge in [-0.2, -0.15) is 0 Å². The lowest BCUT2D eigenvalue weighted by molar-refractivity contribution is 0.0223. The van der Waals surface area contributed by atoms with Gasteiger partial charge in [0.15, 0.2) is 0 Å². The summed E-state index contributed by atoms with van der Waals surface area (Å²) in [5.74, 6) is -0.452. The normalized spacial score (nSPS) is 14.4. The maximum atomic E-state index is 12.1. The van der Waals surface area contributed by atoms with Gasteiger partial charge >= 0.3 is 12.1 Å². The fraction of sp³-hybridized carbons (Fsp3) is 0.533. The lowest BCUT2D eigenvalue weighted by Gasteiger charge is -2.31. The van der Waals surface area contributed by atoms with Gasteiger partial charge in [0, 0.05) is 12.7 Å². The van der Waals surface area contributed by atoms with Crippen molar-refractivity contribution in [2.45, 2.75) is 39.3 Å². The zero-order valence-corrected chi connectivity index (χ0v) is 12.8. The van der Waals surface area contributed by atoms with Crippen LogP contribution in [0.3, 0.4) is 0 Å².